The molecule has 5 heteroatoms. The third-order valence-electron chi connectivity index (χ3n) is 3.40. The van der Waals surface area contributed by atoms with Gasteiger partial charge in [0.1, 0.15) is 0 Å². The minimum absolute atomic E-state index is 0.326. The van der Waals surface area contributed by atoms with Crippen LogP contribution in [0.15, 0.2) is 6.20 Å². The van der Waals surface area contributed by atoms with Crippen molar-refractivity contribution in [2.24, 2.45) is 7.05 Å². The minimum atomic E-state index is 0.326. The summed E-state index contributed by atoms with van der Waals surface area (Å²) in [6, 6.07) is 0.326. The third kappa shape index (κ3) is 3.06. The van der Waals surface area contributed by atoms with Crippen LogP contribution in [-0.2, 0) is 7.05 Å². The van der Waals surface area contributed by atoms with Crippen molar-refractivity contribution < 1.29 is 0 Å². The lowest BCUT2D eigenvalue weighted by molar-refractivity contribution is 0.0898. The Morgan fingerprint density at radius 3 is 2.41 bits per heavy atom. The molecule has 17 heavy (non-hydrogen) atoms. The number of aromatic nitrogens is 2. The van der Waals surface area contributed by atoms with E-state index in [0.717, 1.165) is 31.9 Å². The molecule has 0 spiro atoms. The van der Waals surface area contributed by atoms with Gasteiger partial charge in [0.05, 0.1) is 5.69 Å². The molecule has 1 aromatic heterocycles. The molecule has 1 fully saturated rings. The highest BCUT2D eigenvalue weighted by molar-refractivity contribution is 5.18. The van der Waals surface area contributed by atoms with E-state index in [2.05, 4.69) is 47.5 Å². The molecule has 1 saturated heterocycles. The molecule has 1 aromatic rings. The molecular weight excluding hydrogens is 214 g/mol. The Hall–Kier alpha value is -0.910. The van der Waals surface area contributed by atoms with E-state index in [1.807, 2.05) is 11.7 Å². The van der Waals surface area contributed by atoms with Gasteiger partial charge < -0.3 is 4.90 Å². The van der Waals surface area contributed by atoms with Crippen molar-refractivity contribution in [1.29, 1.82) is 0 Å². The second-order valence-corrected chi connectivity index (χ2v) is 4.98. The summed E-state index contributed by atoms with van der Waals surface area (Å²) >= 11 is 0. The average Bonchev–Trinajstić information content (AvgIpc) is 2.61. The van der Waals surface area contributed by atoms with Crippen LogP contribution in [0.1, 0.15) is 24.2 Å². The lowest BCUT2D eigenvalue weighted by Gasteiger charge is -2.34. The molecular formula is C12H23N5. The maximum Gasteiger partial charge on any atom is 0.0641 e. The highest BCUT2D eigenvalue weighted by Crippen LogP contribution is 2.16. The van der Waals surface area contributed by atoms with Crippen LogP contribution >= 0.6 is 0 Å². The summed E-state index contributed by atoms with van der Waals surface area (Å²) in [5.74, 6) is 0. The molecule has 0 radical (unpaired) electrons. The molecule has 96 valence electrons. The smallest absolute Gasteiger partial charge is 0.0641 e. The van der Waals surface area contributed by atoms with Gasteiger partial charge in [0.15, 0.2) is 0 Å². The fourth-order valence-corrected chi connectivity index (χ4v) is 2.32. The number of nitrogens with one attached hydrogen (secondary N) is 1. The molecule has 2 heterocycles. The zero-order valence-electron chi connectivity index (χ0n) is 11.3. The molecule has 1 aliphatic rings. The van der Waals surface area contributed by atoms with E-state index in [1.165, 1.54) is 5.56 Å². The van der Waals surface area contributed by atoms with Crippen LogP contribution < -0.4 is 5.43 Å². The van der Waals surface area contributed by atoms with Gasteiger partial charge in [-0.15, -0.1) is 0 Å². The predicted molar refractivity (Wildman–Crippen MR) is 68.6 cm³/mol. The van der Waals surface area contributed by atoms with Gasteiger partial charge in [-0.05, 0) is 20.9 Å². The number of nitrogens with zero attached hydrogens (tertiary/aromatic N) is 4. The van der Waals surface area contributed by atoms with E-state index in [1.54, 1.807) is 0 Å². The molecule has 0 bridgehead atoms. The Labute approximate surface area is 103 Å². The summed E-state index contributed by atoms with van der Waals surface area (Å²) in [4.78, 5) is 2.36. The van der Waals surface area contributed by atoms with Gasteiger partial charge in [-0.25, -0.2) is 10.4 Å². The van der Waals surface area contributed by atoms with Crippen LogP contribution in [-0.4, -0.2) is 52.9 Å². The molecule has 0 saturated carbocycles. The molecule has 2 rings (SSSR count). The summed E-state index contributed by atoms with van der Waals surface area (Å²) in [6.45, 7) is 8.69. The number of hydrogen-bond acceptors (Lipinski definition) is 4. The molecule has 1 unspecified atom stereocenters. The van der Waals surface area contributed by atoms with E-state index in [0.29, 0.717) is 6.04 Å². The van der Waals surface area contributed by atoms with Gasteiger partial charge >= 0.3 is 0 Å². The van der Waals surface area contributed by atoms with Crippen molar-refractivity contribution in [2.75, 3.05) is 33.2 Å². The first-order valence-corrected chi connectivity index (χ1v) is 6.26. The van der Waals surface area contributed by atoms with Crippen molar-refractivity contribution in [2.45, 2.75) is 19.9 Å². The SMILES string of the molecule is Cc1nn(C)cc1C(C)NN1CCN(C)CC1. The number of hydrazine groups is 1. The number of aryl methyl sites for hydroxylation is 2. The number of likely N-dealkylation sites (N-methyl/N-ethyl adjacent to an activating group) is 1. The molecule has 5 nitrogen and oxygen atoms in total. The Bertz CT molecular complexity index is 365. The number of rotatable bonds is 3. The van der Waals surface area contributed by atoms with Crippen molar-refractivity contribution in [3.05, 3.63) is 17.5 Å². The quantitative estimate of drug-likeness (QED) is 0.832. The summed E-state index contributed by atoms with van der Waals surface area (Å²) < 4.78 is 1.88. The normalized spacial score (nSPS) is 20.7. The van der Waals surface area contributed by atoms with Crippen LogP contribution in [0.25, 0.3) is 0 Å². The number of hydrogen-bond donors (Lipinski definition) is 1. The van der Waals surface area contributed by atoms with Gasteiger partial charge in [-0.1, -0.05) is 0 Å². The lowest BCUT2D eigenvalue weighted by atomic mass is 10.1. The van der Waals surface area contributed by atoms with E-state index in [-0.39, 0.29) is 0 Å². The summed E-state index contributed by atoms with van der Waals surface area (Å²) in [7, 11) is 4.14. The van der Waals surface area contributed by atoms with Crippen LogP contribution in [0, 0.1) is 6.92 Å². The Kier molecular flexibility index (Phi) is 3.81. The van der Waals surface area contributed by atoms with Gasteiger partial charge in [-0.2, -0.15) is 5.10 Å². The maximum atomic E-state index is 4.39. The highest BCUT2D eigenvalue weighted by atomic mass is 15.5. The molecule has 1 N–H and O–H groups in total. The van der Waals surface area contributed by atoms with E-state index < -0.39 is 0 Å². The Morgan fingerprint density at radius 2 is 1.88 bits per heavy atom. The lowest BCUT2D eigenvalue weighted by Crippen LogP contribution is -2.51. The molecule has 0 aliphatic carbocycles. The zero-order valence-corrected chi connectivity index (χ0v) is 11.3. The average molecular weight is 237 g/mol. The van der Waals surface area contributed by atoms with Gasteiger partial charge in [-0.3, -0.25) is 4.68 Å². The molecule has 1 aliphatic heterocycles. The monoisotopic (exact) mass is 237 g/mol. The van der Waals surface area contributed by atoms with E-state index in [9.17, 15) is 0 Å². The van der Waals surface area contributed by atoms with Crippen molar-refractivity contribution in [3.8, 4) is 0 Å². The molecule has 0 amide bonds. The Morgan fingerprint density at radius 1 is 1.24 bits per heavy atom. The summed E-state index contributed by atoms with van der Waals surface area (Å²) in [6.07, 6.45) is 2.10. The highest BCUT2D eigenvalue weighted by Gasteiger charge is 2.18. The zero-order chi connectivity index (χ0) is 12.4. The van der Waals surface area contributed by atoms with Gasteiger partial charge in [0.25, 0.3) is 0 Å². The first kappa shape index (κ1) is 12.5. The van der Waals surface area contributed by atoms with Crippen molar-refractivity contribution >= 4 is 0 Å². The minimum Gasteiger partial charge on any atom is -0.304 e. The first-order valence-electron chi connectivity index (χ1n) is 6.26. The van der Waals surface area contributed by atoms with Gasteiger partial charge in [0.2, 0.25) is 0 Å². The molecule has 1 atom stereocenters. The Balaban J connectivity index is 1.93. The standard InChI is InChI=1S/C12H23N5/c1-10-12(9-16(4)13-10)11(2)14-17-7-5-15(3)6-8-17/h9,11,14H,5-8H2,1-4H3. The maximum absolute atomic E-state index is 4.39. The third-order valence-corrected chi connectivity index (χ3v) is 3.40. The summed E-state index contributed by atoms with van der Waals surface area (Å²) in [5, 5.41) is 6.70. The fourth-order valence-electron chi connectivity index (χ4n) is 2.32. The fraction of sp³-hybridized carbons (Fsp3) is 0.750. The predicted octanol–water partition coefficient (Wildman–Crippen LogP) is 0.542. The second-order valence-electron chi connectivity index (χ2n) is 4.98. The van der Waals surface area contributed by atoms with Crippen LogP contribution in [0.5, 0.6) is 0 Å². The first-order chi connectivity index (χ1) is 8.06. The van der Waals surface area contributed by atoms with E-state index in [4.69, 9.17) is 0 Å². The van der Waals surface area contributed by atoms with E-state index >= 15 is 0 Å². The van der Waals surface area contributed by atoms with Crippen molar-refractivity contribution in [3.63, 3.8) is 0 Å². The van der Waals surface area contributed by atoms with Crippen LogP contribution in [0.3, 0.4) is 0 Å². The largest absolute Gasteiger partial charge is 0.304 e. The molecule has 0 aromatic carbocycles. The summed E-state index contributed by atoms with van der Waals surface area (Å²) in [5.41, 5.74) is 5.96. The topological polar surface area (TPSA) is 36.3 Å². The number of piperazine rings is 1. The van der Waals surface area contributed by atoms with Gasteiger partial charge in [0, 0.05) is 51.0 Å². The van der Waals surface area contributed by atoms with Crippen LogP contribution in [0.4, 0.5) is 0 Å². The second kappa shape index (κ2) is 5.16. The van der Waals surface area contributed by atoms with Crippen molar-refractivity contribution in [1.82, 2.24) is 25.1 Å². The van der Waals surface area contributed by atoms with Crippen LogP contribution in [0.2, 0.25) is 0 Å².